The predicted octanol–water partition coefficient (Wildman–Crippen LogP) is 3.22. The Labute approximate surface area is 101 Å². The van der Waals surface area contributed by atoms with Gasteiger partial charge in [0.25, 0.3) is 0 Å². The summed E-state index contributed by atoms with van der Waals surface area (Å²) >= 11 is 0. The van der Waals surface area contributed by atoms with Gasteiger partial charge >= 0.3 is 0 Å². The van der Waals surface area contributed by atoms with E-state index in [0.717, 1.165) is 18.9 Å². The molecule has 2 heteroatoms. The van der Waals surface area contributed by atoms with Crippen molar-refractivity contribution in [2.45, 2.75) is 65.5 Å². The van der Waals surface area contributed by atoms with E-state index in [1.165, 1.54) is 19.3 Å². The van der Waals surface area contributed by atoms with Gasteiger partial charge in [0.1, 0.15) is 0 Å². The quantitative estimate of drug-likeness (QED) is 0.796. The lowest BCUT2D eigenvalue weighted by molar-refractivity contribution is -0.0258. The van der Waals surface area contributed by atoms with Crippen LogP contribution in [0.25, 0.3) is 0 Å². The van der Waals surface area contributed by atoms with Gasteiger partial charge in [0.15, 0.2) is 0 Å². The van der Waals surface area contributed by atoms with Crippen LogP contribution in [0.1, 0.15) is 53.4 Å². The van der Waals surface area contributed by atoms with E-state index in [0.29, 0.717) is 17.6 Å². The first-order chi connectivity index (χ1) is 7.49. The summed E-state index contributed by atoms with van der Waals surface area (Å²) in [5, 5.41) is 3.41. The van der Waals surface area contributed by atoms with Gasteiger partial charge in [-0.05, 0) is 44.1 Å². The molecule has 0 aromatic carbocycles. The Morgan fingerprint density at radius 2 is 1.94 bits per heavy atom. The molecule has 0 aliphatic heterocycles. The number of nitrogens with one attached hydrogen (secondary N) is 1. The van der Waals surface area contributed by atoms with Crippen molar-refractivity contribution < 1.29 is 4.74 Å². The Hall–Kier alpha value is -0.0800. The van der Waals surface area contributed by atoms with Gasteiger partial charge in [-0.15, -0.1) is 0 Å². The molecule has 3 atom stereocenters. The van der Waals surface area contributed by atoms with E-state index in [2.05, 4.69) is 40.1 Å². The van der Waals surface area contributed by atoms with E-state index >= 15 is 0 Å². The molecular formula is C14H29NO. The molecule has 1 N–H and O–H groups in total. The van der Waals surface area contributed by atoms with Gasteiger partial charge in [-0.2, -0.15) is 0 Å². The van der Waals surface area contributed by atoms with E-state index in [1.54, 1.807) is 0 Å². The summed E-state index contributed by atoms with van der Waals surface area (Å²) in [6.45, 7) is 10.1. The molecule has 0 radical (unpaired) electrons. The molecular weight excluding hydrogens is 198 g/mol. The van der Waals surface area contributed by atoms with Crippen LogP contribution in [0, 0.1) is 11.3 Å². The SMILES string of the molecule is CCCOC1CC(C(C)(C)C)CCC1NC. The van der Waals surface area contributed by atoms with Crippen LogP contribution in [-0.2, 0) is 4.74 Å². The lowest BCUT2D eigenvalue weighted by Gasteiger charge is -2.41. The summed E-state index contributed by atoms with van der Waals surface area (Å²) in [5.74, 6) is 0.805. The van der Waals surface area contributed by atoms with Crippen LogP contribution in [0.5, 0.6) is 0 Å². The van der Waals surface area contributed by atoms with Gasteiger partial charge < -0.3 is 10.1 Å². The molecule has 0 bridgehead atoms. The second-order valence-corrected chi connectivity index (χ2v) is 6.18. The molecule has 0 amide bonds. The number of hydrogen-bond acceptors (Lipinski definition) is 2. The first-order valence-electron chi connectivity index (χ1n) is 6.78. The third-order valence-corrected chi connectivity index (χ3v) is 3.92. The van der Waals surface area contributed by atoms with Crippen LogP contribution in [0.3, 0.4) is 0 Å². The van der Waals surface area contributed by atoms with Gasteiger partial charge in [-0.3, -0.25) is 0 Å². The third-order valence-electron chi connectivity index (χ3n) is 3.92. The molecule has 1 aliphatic rings. The van der Waals surface area contributed by atoms with E-state index in [9.17, 15) is 0 Å². The molecule has 1 rings (SSSR count). The lowest BCUT2D eigenvalue weighted by Crippen LogP contribution is -2.46. The van der Waals surface area contributed by atoms with Gasteiger partial charge in [0, 0.05) is 12.6 Å². The zero-order valence-corrected chi connectivity index (χ0v) is 11.7. The van der Waals surface area contributed by atoms with Crippen LogP contribution >= 0.6 is 0 Å². The Bertz CT molecular complexity index is 197. The Balaban J connectivity index is 2.54. The maximum Gasteiger partial charge on any atom is 0.0730 e. The lowest BCUT2D eigenvalue weighted by atomic mass is 9.70. The highest BCUT2D eigenvalue weighted by molar-refractivity contribution is 4.89. The summed E-state index contributed by atoms with van der Waals surface area (Å²) < 4.78 is 6.00. The van der Waals surface area contributed by atoms with E-state index in [-0.39, 0.29) is 0 Å². The van der Waals surface area contributed by atoms with Gasteiger partial charge in [0.05, 0.1) is 6.10 Å². The standard InChI is InChI=1S/C14H29NO/c1-6-9-16-13-10-11(14(2,3)4)7-8-12(13)15-5/h11-13,15H,6-10H2,1-5H3. The first-order valence-corrected chi connectivity index (χ1v) is 6.78. The van der Waals surface area contributed by atoms with Crippen LogP contribution in [0.15, 0.2) is 0 Å². The monoisotopic (exact) mass is 227 g/mol. The molecule has 0 aromatic rings. The molecule has 1 saturated carbocycles. The molecule has 0 saturated heterocycles. The summed E-state index contributed by atoms with van der Waals surface area (Å²) in [4.78, 5) is 0. The number of hydrogen-bond donors (Lipinski definition) is 1. The van der Waals surface area contributed by atoms with Crippen molar-refractivity contribution in [2.24, 2.45) is 11.3 Å². The zero-order valence-electron chi connectivity index (χ0n) is 11.7. The van der Waals surface area contributed by atoms with Gasteiger partial charge in [0.2, 0.25) is 0 Å². The van der Waals surface area contributed by atoms with Gasteiger partial charge in [-0.25, -0.2) is 0 Å². The fraction of sp³-hybridized carbons (Fsp3) is 1.00. The molecule has 2 nitrogen and oxygen atoms in total. The predicted molar refractivity (Wildman–Crippen MR) is 69.7 cm³/mol. The molecule has 0 heterocycles. The van der Waals surface area contributed by atoms with Crippen molar-refractivity contribution in [1.82, 2.24) is 5.32 Å². The third kappa shape index (κ3) is 3.74. The largest absolute Gasteiger partial charge is 0.377 e. The fourth-order valence-electron chi connectivity index (χ4n) is 2.70. The Morgan fingerprint density at radius 1 is 1.25 bits per heavy atom. The minimum absolute atomic E-state index is 0.419. The maximum absolute atomic E-state index is 6.00. The minimum Gasteiger partial charge on any atom is -0.377 e. The molecule has 0 aromatic heterocycles. The molecule has 1 aliphatic carbocycles. The normalized spacial score (nSPS) is 31.7. The number of likely N-dealkylation sites (N-methyl/N-ethyl adjacent to an activating group) is 1. The molecule has 16 heavy (non-hydrogen) atoms. The van der Waals surface area contributed by atoms with Crippen molar-refractivity contribution >= 4 is 0 Å². The van der Waals surface area contributed by atoms with E-state index in [4.69, 9.17) is 4.74 Å². The summed E-state index contributed by atoms with van der Waals surface area (Å²) in [6, 6.07) is 0.560. The smallest absolute Gasteiger partial charge is 0.0730 e. The Kier molecular flexibility index (Phi) is 5.26. The average Bonchev–Trinajstić information content (AvgIpc) is 2.24. The fourth-order valence-corrected chi connectivity index (χ4v) is 2.70. The molecule has 3 unspecified atom stereocenters. The van der Waals surface area contributed by atoms with Crippen LogP contribution in [-0.4, -0.2) is 25.8 Å². The number of rotatable bonds is 4. The van der Waals surface area contributed by atoms with Crippen molar-refractivity contribution in [3.8, 4) is 0 Å². The van der Waals surface area contributed by atoms with E-state index in [1.807, 2.05) is 0 Å². The second kappa shape index (κ2) is 6.02. The highest BCUT2D eigenvalue weighted by atomic mass is 16.5. The molecule has 96 valence electrons. The molecule has 1 fully saturated rings. The summed E-state index contributed by atoms with van der Waals surface area (Å²) in [6.07, 6.45) is 5.35. The number of ether oxygens (including phenoxy) is 1. The van der Waals surface area contributed by atoms with E-state index < -0.39 is 0 Å². The van der Waals surface area contributed by atoms with Crippen molar-refractivity contribution in [3.05, 3.63) is 0 Å². The Morgan fingerprint density at radius 3 is 2.44 bits per heavy atom. The maximum atomic E-state index is 6.00. The summed E-state index contributed by atoms with van der Waals surface area (Å²) in [5.41, 5.74) is 0.423. The van der Waals surface area contributed by atoms with Crippen LogP contribution in [0.4, 0.5) is 0 Å². The van der Waals surface area contributed by atoms with Crippen molar-refractivity contribution in [2.75, 3.05) is 13.7 Å². The van der Waals surface area contributed by atoms with Crippen LogP contribution in [0.2, 0.25) is 0 Å². The van der Waals surface area contributed by atoms with Crippen molar-refractivity contribution in [3.63, 3.8) is 0 Å². The first kappa shape index (κ1) is 14.0. The van der Waals surface area contributed by atoms with Crippen LogP contribution < -0.4 is 5.32 Å². The zero-order chi connectivity index (χ0) is 12.2. The second-order valence-electron chi connectivity index (χ2n) is 6.18. The summed E-state index contributed by atoms with van der Waals surface area (Å²) in [7, 11) is 2.06. The highest BCUT2D eigenvalue weighted by Crippen LogP contribution is 2.38. The molecule has 0 spiro atoms. The minimum atomic E-state index is 0.419. The van der Waals surface area contributed by atoms with Gasteiger partial charge in [-0.1, -0.05) is 27.7 Å². The van der Waals surface area contributed by atoms with Crippen molar-refractivity contribution in [1.29, 1.82) is 0 Å². The topological polar surface area (TPSA) is 21.3 Å². The highest BCUT2D eigenvalue weighted by Gasteiger charge is 2.35. The average molecular weight is 227 g/mol.